The number of methoxy groups -OCH3 is 1. The molecule has 0 aliphatic rings. The van der Waals surface area contributed by atoms with Gasteiger partial charge in [-0.15, -0.1) is 0 Å². The van der Waals surface area contributed by atoms with E-state index in [9.17, 15) is 5.11 Å². The molecular formula is C15H24ClNO3. The Morgan fingerprint density at radius 3 is 2.70 bits per heavy atom. The minimum Gasteiger partial charge on any atom is -0.504 e. The number of benzene rings is 1. The number of halogens is 1. The van der Waals surface area contributed by atoms with Gasteiger partial charge in [0.05, 0.1) is 13.2 Å². The molecule has 0 aromatic heterocycles. The number of unbranched alkanes of at least 4 members (excludes halogenated alkanes) is 1. The van der Waals surface area contributed by atoms with E-state index in [0.717, 1.165) is 31.6 Å². The summed E-state index contributed by atoms with van der Waals surface area (Å²) < 4.78 is 10.5. The van der Waals surface area contributed by atoms with E-state index < -0.39 is 0 Å². The zero-order valence-electron chi connectivity index (χ0n) is 12.4. The molecule has 5 heteroatoms. The second-order valence-electron chi connectivity index (χ2n) is 4.92. The molecule has 2 N–H and O–H groups in total. The average Bonchev–Trinajstić information content (AvgIpc) is 2.40. The van der Waals surface area contributed by atoms with E-state index >= 15 is 0 Å². The van der Waals surface area contributed by atoms with Gasteiger partial charge in [-0.05, 0) is 39.3 Å². The Morgan fingerprint density at radius 2 is 2.05 bits per heavy atom. The van der Waals surface area contributed by atoms with E-state index in [1.807, 2.05) is 13.8 Å². The molecule has 20 heavy (non-hydrogen) atoms. The van der Waals surface area contributed by atoms with Crippen molar-refractivity contribution in [3.05, 3.63) is 22.7 Å². The van der Waals surface area contributed by atoms with E-state index in [0.29, 0.717) is 23.4 Å². The van der Waals surface area contributed by atoms with Gasteiger partial charge in [-0.1, -0.05) is 11.6 Å². The minimum absolute atomic E-state index is 0.146. The Morgan fingerprint density at radius 1 is 1.30 bits per heavy atom. The van der Waals surface area contributed by atoms with Gasteiger partial charge < -0.3 is 19.9 Å². The normalized spacial score (nSPS) is 11.1. The van der Waals surface area contributed by atoms with Crippen LogP contribution in [0.1, 0.15) is 32.3 Å². The van der Waals surface area contributed by atoms with Crippen LogP contribution in [0.25, 0.3) is 0 Å². The summed E-state index contributed by atoms with van der Waals surface area (Å²) in [6.45, 7) is 6.29. The molecule has 1 aromatic rings. The Labute approximate surface area is 126 Å². The van der Waals surface area contributed by atoms with Crippen molar-refractivity contribution in [2.75, 3.05) is 20.3 Å². The maximum atomic E-state index is 9.97. The van der Waals surface area contributed by atoms with Gasteiger partial charge in [0, 0.05) is 29.8 Å². The van der Waals surface area contributed by atoms with Crippen LogP contribution in [0.3, 0.4) is 0 Å². The van der Waals surface area contributed by atoms with E-state index in [2.05, 4.69) is 5.32 Å². The largest absolute Gasteiger partial charge is 0.504 e. The van der Waals surface area contributed by atoms with E-state index in [1.165, 1.54) is 7.11 Å². The Kier molecular flexibility index (Phi) is 7.73. The SMILES string of the molecule is COc1cc(Cl)cc(CNCCCCOC(C)C)c1O. The number of phenols is 1. The average molecular weight is 302 g/mol. The highest BCUT2D eigenvalue weighted by Crippen LogP contribution is 2.33. The summed E-state index contributed by atoms with van der Waals surface area (Å²) in [6.07, 6.45) is 2.35. The summed E-state index contributed by atoms with van der Waals surface area (Å²) in [5, 5.41) is 13.8. The van der Waals surface area contributed by atoms with Crippen molar-refractivity contribution >= 4 is 11.6 Å². The summed E-state index contributed by atoms with van der Waals surface area (Å²) in [5.74, 6) is 0.548. The van der Waals surface area contributed by atoms with Gasteiger partial charge in [0.1, 0.15) is 0 Å². The summed E-state index contributed by atoms with van der Waals surface area (Å²) in [4.78, 5) is 0. The lowest BCUT2D eigenvalue weighted by Gasteiger charge is -2.11. The zero-order valence-corrected chi connectivity index (χ0v) is 13.2. The van der Waals surface area contributed by atoms with Crippen molar-refractivity contribution in [2.45, 2.75) is 39.3 Å². The molecule has 0 amide bonds. The van der Waals surface area contributed by atoms with Crippen LogP contribution in [0.2, 0.25) is 5.02 Å². The standard InChI is InChI=1S/C15H24ClNO3/c1-11(2)20-7-5-4-6-17-10-12-8-13(16)9-14(19-3)15(12)18/h8-9,11,17-18H,4-7,10H2,1-3H3. The van der Waals surface area contributed by atoms with Crippen LogP contribution < -0.4 is 10.1 Å². The summed E-state index contributed by atoms with van der Waals surface area (Å²) >= 11 is 5.98. The molecule has 0 heterocycles. The molecule has 0 aliphatic heterocycles. The molecule has 0 atom stereocenters. The number of rotatable bonds is 9. The van der Waals surface area contributed by atoms with Crippen LogP contribution in [0.5, 0.6) is 11.5 Å². The lowest BCUT2D eigenvalue weighted by atomic mass is 10.2. The zero-order chi connectivity index (χ0) is 15.0. The minimum atomic E-state index is 0.146. The number of ether oxygens (including phenoxy) is 2. The third kappa shape index (κ3) is 5.99. The number of hydrogen-bond acceptors (Lipinski definition) is 4. The lowest BCUT2D eigenvalue weighted by Crippen LogP contribution is -2.16. The van der Waals surface area contributed by atoms with Crippen molar-refractivity contribution in [1.82, 2.24) is 5.32 Å². The monoisotopic (exact) mass is 301 g/mol. The van der Waals surface area contributed by atoms with Crippen molar-refractivity contribution in [1.29, 1.82) is 0 Å². The van der Waals surface area contributed by atoms with Crippen molar-refractivity contribution in [3.8, 4) is 11.5 Å². The molecule has 1 aromatic carbocycles. The first-order valence-corrected chi connectivity index (χ1v) is 7.30. The molecular weight excluding hydrogens is 278 g/mol. The summed E-state index contributed by atoms with van der Waals surface area (Å²) in [5.41, 5.74) is 0.743. The molecule has 0 unspecified atom stereocenters. The molecule has 0 bridgehead atoms. The third-order valence-electron chi connectivity index (χ3n) is 2.85. The van der Waals surface area contributed by atoms with Gasteiger partial charge in [0.25, 0.3) is 0 Å². The number of aromatic hydroxyl groups is 1. The predicted octanol–water partition coefficient (Wildman–Crippen LogP) is 3.35. The highest BCUT2D eigenvalue weighted by molar-refractivity contribution is 6.30. The first-order valence-electron chi connectivity index (χ1n) is 6.92. The first kappa shape index (κ1) is 17.1. The van der Waals surface area contributed by atoms with Gasteiger partial charge in [-0.3, -0.25) is 0 Å². The van der Waals surface area contributed by atoms with Gasteiger partial charge >= 0.3 is 0 Å². The molecule has 1 rings (SSSR count). The molecule has 0 saturated heterocycles. The summed E-state index contributed by atoms with van der Waals surface area (Å²) in [6, 6.07) is 3.35. The second kappa shape index (κ2) is 9.06. The van der Waals surface area contributed by atoms with E-state index in [-0.39, 0.29) is 5.75 Å². The van der Waals surface area contributed by atoms with Gasteiger partial charge in [0.2, 0.25) is 0 Å². The van der Waals surface area contributed by atoms with Gasteiger partial charge in [0.15, 0.2) is 11.5 Å². The fourth-order valence-electron chi connectivity index (χ4n) is 1.81. The second-order valence-corrected chi connectivity index (χ2v) is 5.36. The Bertz CT molecular complexity index is 410. The maximum Gasteiger partial charge on any atom is 0.162 e. The molecule has 0 aliphatic carbocycles. The fourth-order valence-corrected chi connectivity index (χ4v) is 2.04. The highest BCUT2D eigenvalue weighted by Gasteiger charge is 2.09. The Hall–Kier alpha value is -0.970. The molecule has 114 valence electrons. The topological polar surface area (TPSA) is 50.7 Å². The maximum absolute atomic E-state index is 9.97. The third-order valence-corrected chi connectivity index (χ3v) is 3.07. The number of hydrogen-bond donors (Lipinski definition) is 2. The molecule has 4 nitrogen and oxygen atoms in total. The van der Waals surface area contributed by atoms with Crippen molar-refractivity contribution < 1.29 is 14.6 Å². The van der Waals surface area contributed by atoms with Crippen molar-refractivity contribution in [2.24, 2.45) is 0 Å². The first-order chi connectivity index (χ1) is 9.54. The van der Waals surface area contributed by atoms with Crippen LogP contribution in [0.15, 0.2) is 12.1 Å². The molecule has 0 radical (unpaired) electrons. The lowest BCUT2D eigenvalue weighted by molar-refractivity contribution is 0.0760. The predicted molar refractivity (Wildman–Crippen MR) is 81.7 cm³/mol. The molecule has 0 saturated carbocycles. The van der Waals surface area contributed by atoms with Crippen molar-refractivity contribution in [3.63, 3.8) is 0 Å². The van der Waals surface area contributed by atoms with E-state index in [4.69, 9.17) is 21.1 Å². The van der Waals surface area contributed by atoms with Crippen LogP contribution >= 0.6 is 11.6 Å². The Balaban J connectivity index is 2.30. The van der Waals surface area contributed by atoms with Crippen LogP contribution in [-0.4, -0.2) is 31.5 Å². The molecule has 0 spiro atoms. The van der Waals surface area contributed by atoms with Gasteiger partial charge in [-0.25, -0.2) is 0 Å². The summed E-state index contributed by atoms with van der Waals surface area (Å²) in [7, 11) is 1.51. The van der Waals surface area contributed by atoms with Crippen LogP contribution in [0.4, 0.5) is 0 Å². The van der Waals surface area contributed by atoms with Crippen LogP contribution in [0, 0.1) is 0 Å². The fraction of sp³-hybridized carbons (Fsp3) is 0.600. The smallest absolute Gasteiger partial charge is 0.162 e. The van der Waals surface area contributed by atoms with E-state index in [1.54, 1.807) is 12.1 Å². The number of nitrogens with one attached hydrogen (secondary N) is 1. The number of phenolic OH excluding ortho intramolecular Hbond substituents is 1. The van der Waals surface area contributed by atoms with Gasteiger partial charge in [-0.2, -0.15) is 0 Å². The molecule has 0 fully saturated rings. The van der Waals surface area contributed by atoms with Crippen LogP contribution in [-0.2, 0) is 11.3 Å². The quantitative estimate of drug-likeness (QED) is 0.687. The highest BCUT2D eigenvalue weighted by atomic mass is 35.5.